The Labute approximate surface area is 206 Å². The Morgan fingerprint density at radius 3 is 2.41 bits per heavy atom. The highest BCUT2D eigenvalue weighted by Gasteiger charge is 2.26. The lowest BCUT2D eigenvalue weighted by molar-refractivity contribution is -0.119. The zero-order chi connectivity index (χ0) is 24.1. The summed E-state index contributed by atoms with van der Waals surface area (Å²) in [5.41, 5.74) is 3.35. The highest BCUT2D eigenvalue weighted by atomic mass is 32.2. The summed E-state index contributed by atoms with van der Waals surface area (Å²) in [6.45, 7) is 7.41. The molecule has 1 aromatic heterocycles. The molecule has 184 valence electrons. The number of hydrogen-bond donors (Lipinski definition) is 2. The van der Waals surface area contributed by atoms with Gasteiger partial charge in [-0.3, -0.25) is 9.36 Å². The van der Waals surface area contributed by atoms with Crippen LogP contribution in [-0.4, -0.2) is 62.5 Å². The molecule has 2 heterocycles. The Morgan fingerprint density at radius 2 is 1.68 bits per heavy atom. The van der Waals surface area contributed by atoms with E-state index in [1.54, 1.807) is 0 Å². The number of carbonyl (C=O) groups excluding carboxylic acids is 2. The van der Waals surface area contributed by atoms with Crippen molar-refractivity contribution in [2.24, 2.45) is 0 Å². The molecule has 1 saturated heterocycles. The zero-order valence-electron chi connectivity index (χ0n) is 20.5. The first-order valence-corrected chi connectivity index (χ1v) is 13.4. The number of aryl methyl sites for hydroxylation is 3. The number of carbonyl (C=O) groups is 2. The number of aromatic nitrogens is 3. The average Bonchev–Trinajstić information content (AvgIpc) is 3.20. The summed E-state index contributed by atoms with van der Waals surface area (Å²) in [6.07, 6.45) is 7.44. The SMILES string of the molecule is Cc1ccc(C)c(-n2c(C)nnc2SCC(=O)NC2CCN(C(=O)NC3CCCCC3)CC2)c1. The van der Waals surface area contributed by atoms with Crippen LogP contribution in [0.2, 0.25) is 0 Å². The van der Waals surface area contributed by atoms with Gasteiger partial charge >= 0.3 is 6.03 Å². The summed E-state index contributed by atoms with van der Waals surface area (Å²) in [5, 5.41) is 15.6. The number of nitrogens with zero attached hydrogens (tertiary/aromatic N) is 4. The van der Waals surface area contributed by atoms with E-state index in [2.05, 4.69) is 52.9 Å². The van der Waals surface area contributed by atoms with Crippen molar-refractivity contribution in [3.05, 3.63) is 35.2 Å². The number of likely N-dealkylation sites (tertiary alicyclic amines) is 1. The van der Waals surface area contributed by atoms with Gasteiger partial charge in [-0.1, -0.05) is 43.2 Å². The molecule has 0 unspecified atom stereocenters. The number of amides is 3. The fourth-order valence-corrected chi connectivity index (χ4v) is 5.61. The van der Waals surface area contributed by atoms with Crippen molar-refractivity contribution in [1.29, 1.82) is 0 Å². The third kappa shape index (κ3) is 6.11. The average molecular weight is 485 g/mol. The molecule has 2 fully saturated rings. The molecule has 2 aliphatic rings. The van der Waals surface area contributed by atoms with Gasteiger partial charge in [0.1, 0.15) is 5.82 Å². The molecule has 0 bridgehead atoms. The molecule has 34 heavy (non-hydrogen) atoms. The van der Waals surface area contributed by atoms with Gasteiger partial charge in [0, 0.05) is 25.2 Å². The topological polar surface area (TPSA) is 92.2 Å². The minimum atomic E-state index is -0.0109. The van der Waals surface area contributed by atoms with Crippen LogP contribution in [0, 0.1) is 20.8 Å². The first-order valence-electron chi connectivity index (χ1n) is 12.4. The van der Waals surface area contributed by atoms with Crippen molar-refractivity contribution in [2.75, 3.05) is 18.8 Å². The minimum absolute atomic E-state index is 0.0109. The lowest BCUT2D eigenvalue weighted by Crippen LogP contribution is -2.51. The van der Waals surface area contributed by atoms with Crippen molar-refractivity contribution in [1.82, 2.24) is 30.3 Å². The maximum absolute atomic E-state index is 12.7. The largest absolute Gasteiger partial charge is 0.353 e. The van der Waals surface area contributed by atoms with Gasteiger partial charge in [-0.05, 0) is 63.6 Å². The molecule has 3 amide bonds. The molecular weight excluding hydrogens is 448 g/mol. The van der Waals surface area contributed by atoms with Crippen LogP contribution in [0.15, 0.2) is 23.4 Å². The minimum Gasteiger partial charge on any atom is -0.353 e. The molecule has 0 atom stereocenters. The molecule has 9 heteroatoms. The second kappa shape index (κ2) is 11.3. The van der Waals surface area contributed by atoms with Crippen molar-refractivity contribution < 1.29 is 9.59 Å². The molecule has 1 aliphatic carbocycles. The first-order chi connectivity index (χ1) is 16.4. The lowest BCUT2D eigenvalue weighted by Gasteiger charge is -2.34. The maximum Gasteiger partial charge on any atom is 0.317 e. The molecule has 0 radical (unpaired) electrons. The summed E-state index contributed by atoms with van der Waals surface area (Å²) in [6, 6.07) is 6.77. The summed E-state index contributed by atoms with van der Waals surface area (Å²) < 4.78 is 2.02. The second-order valence-corrected chi connectivity index (χ2v) is 10.5. The number of urea groups is 1. The number of rotatable bonds is 6. The van der Waals surface area contributed by atoms with Gasteiger partial charge in [0.05, 0.1) is 11.4 Å². The summed E-state index contributed by atoms with van der Waals surface area (Å²) >= 11 is 1.40. The molecule has 1 saturated carbocycles. The molecule has 8 nitrogen and oxygen atoms in total. The standard InChI is InChI=1S/C25H36N6O2S/c1-17-9-10-18(2)22(15-17)31-19(3)28-29-25(31)34-16-23(32)26-21-11-13-30(14-12-21)24(33)27-20-7-5-4-6-8-20/h9-10,15,20-21H,4-8,11-14,16H2,1-3H3,(H,26,32)(H,27,33). The van der Waals surface area contributed by atoms with Gasteiger partial charge in [0.25, 0.3) is 0 Å². The number of thioether (sulfide) groups is 1. The van der Waals surface area contributed by atoms with Crippen LogP contribution < -0.4 is 10.6 Å². The fourth-order valence-electron chi connectivity index (χ4n) is 4.81. The first kappa shape index (κ1) is 24.6. The van der Waals surface area contributed by atoms with Crippen molar-refractivity contribution in [3.63, 3.8) is 0 Å². The van der Waals surface area contributed by atoms with Gasteiger partial charge in [0.2, 0.25) is 5.91 Å². The lowest BCUT2D eigenvalue weighted by atomic mass is 9.95. The van der Waals surface area contributed by atoms with Crippen LogP contribution in [0.25, 0.3) is 5.69 Å². The predicted octanol–water partition coefficient (Wildman–Crippen LogP) is 3.91. The van der Waals surface area contributed by atoms with E-state index in [0.717, 1.165) is 47.9 Å². The third-order valence-corrected chi connectivity index (χ3v) is 7.74. The molecule has 0 spiro atoms. The van der Waals surface area contributed by atoms with Gasteiger partial charge in [-0.2, -0.15) is 0 Å². The number of piperidine rings is 1. The van der Waals surface area contributed by atoms with Crippen molar-refractivity contribution in [3.8, 4) is 5.69 Å². The highest BCUT2D eigenvalue weighted by Crippen LogP contribution is 2.25. The van der Waals surface area contributed by atoms with E-state index in [1.165, 1.54) is 36.6 Å². The van der Waals surface area contributed by atoms with Crippen LogP contribution in [0.3, 0.4) is 0 Å². The number of hydrogen-bond acceptors (Lipinski definition) is 5. The van der Waals surface area contributed by atoms with E-state index < -0.39 is 0 Å². The molecule has 1 aromatic carbocycles. The Balaban J connectivity index is 1.25. The number of nitrogens with one attached hydrogen (secondary N) is 2. The van der Waals surface area contributed by atoms with E-state index in [4.69, 9.17) is 0 Å². The van der Waals surface area contributed by atoms with E-state index >= 15 is 0 Å². The molecular formula is C25H36N6O2S. The Bertz CT molecular complexity index is 1010. The monoisotopic (exact) mass is 484 g/mol. The highest BCUT2D eigenvalue weighted by molar-refractivity contribution is 7.99. The molecule has 1 aliphatic heterocycles. The smallest absolute Gasteiger partial charge is 0.317 e. The maximum atomic E-state index is 12.7. The second-order valence-electron chi connectivity index (χ2n) is 9.56. The summed E-state index contributed by atoms with van der Waals surface area (Å²) in [4.78, 5) is 27.1. The van der Waals surface area contributed by atoms with E-state index in [1.807, 2.05) is 16.4 Å². The van der Waals surface area contributed by atoms with Gasteiger partial charge in [-0.15, -0.1) is 10.2 Å². The van der Waals surface area contributed by atoms with Gasteiger partial charge < -0.3 is 15.5 Å². The van der Waals surface area contributed by atoms with Crippen LogP contribution in [-0.2, 0) is 4.79 Å². The normalized spacial score (nSPS) is 17.6. The van der Waals surface area contributed by atoms with Crippen LogP contribution in [0.5, 0.6) is 0 Å². The quantitative estimate of drug-likeness (QED) is 0.607. The van der Waals surface area contributed by atoms with Crippen LogP contribution in [0.4, 0.5) is 4.79 Å². The zero-order valence-corrected chi connectivity index (χ0v) is 21.3. The summed E-state index contributed by atoms with van der Waals surface area (Å²) in [5.74, 6) is 1.07. The van der Waals surface area contributed by atoms with E-state index in [0.29, 0.717) is 19.1 Å². The Kier molecular flexibility index (Phi) is 8.13. The number of benzene rings is 1. The van der Waals surface area contributed by atoms with E-state index in [9.17, 15) is 9.59 Å². The molecule has 2 aromatic rings. The van der Waals surface area contributed by atoms with Crippen molar-refractivity contribution >= 4 is 23.7 Å². The molecule has 2 N–H and O–H groups in total. The van der Waals surface area contributed by atoms with Crippen molar-refractivity contribution in [2.45, 2.75) is 83.0 Å². The van der Waals surface area contributed by atoms with Crippen LogP contribution in [0.1, 0.15) is 61.9 Å². The Morgan fingerprint density at radius 1 is 0.971 bits per heavy atom. The Hall–Kier alpha value is -2.55. The van der Waals surface area contributed by atoms with Gasteiger partial charge in [-0.25, -0.2) is 4.79 Å². The third-order valence-electron chi connectivity index (χ3n) is 6.81. The van der Waals surface area contributed by atoms with E-state index in [-0.39, 0.29) is 23.7 Å². The fraction of sp³-hybridized carbons (Fsp3) is 0.600. The van der Waals surface area contributed by atoms with Crippen LogP contribution >= 0.6 is 11.8 Å². The molecule has 4 rings (SSSR count). The summed E-state index contributed by atoms with van der Waals surface area (Å²) in [7, 11) is 0. The van der Waals surface area contributed by atoms with Gasteiger partial charge in [0.15, 0.2) is 5.16 Å². The predicted molar refractivity (Wildman–Crippen MR) is 134 cm³/mol.